The highest BCUT2D eigenvalue weighted by molar-refractivity contribution is 5.82. The molecule has 3 atom stereocenters. The number of rotatable bonds is 5. The maximum Gasteiger partial charge on any atom is 0.332 e. The number of carbonyl (C=O) groups is 2. The Morgan fingerprint density at radius 1 is 1.32 bits per heavy atom. The van der Waals surface area contributed by atoms with Crippen LogP contribution >= 0.6 is 0 Å². The molecular weight excluding hydrogens is 250 g/mol. The van der Waals surface area contributed by atoms with E-state index in [0.717, 1.165) is 0 Å². The molecule has 3 N–H and O–H groups in total. The van der Waals surface area contributed by atoms with Crippen molar-refractivity contribution in [1.29, 1.82) is 0 Å². The first-order valence-corrected chi connectivity index (χ1v) is 6.55. The molecule has 1 heterocycles. The summed E-state index contributed by atoms with van der Waals surface area (Å²) in [5.74, 6) is -1.32. The molecule has 0 radical (unpaired) electrons. The van der Waals surface area contributed by atoms with Crippen molar-refractivity contribution in [2.24, 2.45) is 5.41 Å². The van der Waals surface area contributed by atoms with Crippen molar-refractivity contribution >= 4 is 11.9 Å². The van der Waals surface area contributed by atoms with E-state index in [1.54, 1.807) is 0 Å². The fraction of sp³-hybridized carbons (Fsp3) is 0.846. The number of carboxylic acids is 1. The van der Waals surface area contributed by atoms with Gasteiger partial charge in [-0.15, -0.1) is 0 Å². The Balaban J connectivity index is 2.56. The first-order valence-electron chi connectivity index (χ1n) is 6.55. The van der Waals surface area contributed by atoms with Crippen LogP contribution in [-0.2, 0) is 14.3 Å². The largest absolute Gasteiger partial charge is 0.479 e. The van der Waals surface area contributed by atoms with Crippen LogP contribution in [0, 0.1) is 5.41 Å². The Hall–Kier alpha value is -1.14. The number of aliphatic hydroxyl groups is 1. The third-order valence-electron chi connectivity index (χ3n) is 3.37. The Morgan fingerprint density at radius 3 is 2.32 bits per heavy atom. The van der Waals surface area contributed by atoms with Crippen molar-refractivity contribution in [3.63, 3.8) is 0 Å². The molecule has 6 nitrogen and oxygen atoms in total. The number of carboxylic acid groups (broad SMARTS) is 1. The predicted octanol–water partition coefficient (Wildman–Crippen LogP) is 0.532. The van der Waals surface area contributed by atoms with Crippen LogP contribution in [0.2, 0.25) is 0 Å². The third kappa shape index (κ3) is 4.47. The van der Waals surface area contributed by atoms with Crippen molar-refractivity contribution in [1.82, 2.24) is 5.32 Å². The van der Waals surface area contributed by atoms with Gasteiger partial charge in [-0.3, -0.25) is 4.79 Å². The van der Waals surface area contributed by atoms with Crippen LogP contribution in [0.15, 0.2) is 0 Å². The van der Waals surface area contributed by atoms with Gasteiger partial charge in [-0.05, 0) is 24.7 Å². The van der Waals surface area contributed by atoms with Crippen molar-refractivity contribution < 1.29 is 24.5 Å². The van der Waals surface area contributed by atoms with Crippen LogP contribution in [0.25, 0.3) is 0 Å². The van der Waals surface area contributed by atoms with Crippen molar-refractivity contribution in [2.75, 3.05) is 6.61 Å². The zero-order chi connectivity index (χ0) is 14.6. The molecule has 1 aliphatic heterocycles. The average Bonchev–Trinajstić information content (AvgIpc) is 2.76. The summed E-state index contributed by atoms with van der Waals surface area (Å²) in [5, 5.41) is 20.7. The summed E-state index contributed by atoms with van der Waals surface area (Å²) in [7, 11) is 0. The van der Waals surface area contributed by atoms with Gasteiger partial charge < -0.3 is 20.3 Å². The van der Waals surface area contributed by atoms with E-state index in [1.807, 2.05) is 20.8 Å². The lowest BCUT2D eigenvalue weighted by atomic mass is 9.85. The lowest BCUT2D eigenvalue weighted by molar-refractivity contribution is -0.152. The van der Waals surface area contributed by atoms with E-state index in [-0.39, 0.29) is 24.0 Å². The van der Waals surface area contributed by atoms with Crippen LogP contribution < -0.4 is 5.32 Å². The third-order valence-corrected chi connectivity index (χ3v) is 3.37. The second-order valence-corrected chi connectivity index (χ2v) is 5.97. The molecule has 19 heavy (non-hydrogen) atoms. The number of aliphatic carboxylic acids is 1. The minimum atomic E-state index is -1.03. The Morgan fingerprint density at radius 2 is 1.89 bits per heavy atom. The van der Waals surface area contributed by atoms with Gasteiger partial charge in [0.05, 0.1) is 0 Å². The summed E-state index contributed by atoms with van der Waals surface area (Å²) in [6, 6.07) is -0.169. The second kappa shape index (κ2) is 6.34. The smallest absolute Gasteiger partial charge is 0.332 e. The molecule has 0 bridgehead atoms. The average molecular weight is 273 g/mol. The van der Waals surface area contributed by atoms with Gasteiger partial charge in [0.1, 0.15) is 6.10 Å². The minimum absolute atomic E-state index is 0.00844. The molecule has 0 aromatic rings. The summed E-state index contributed by atoms with van der Waals surface area (Å²) in [4.78, 5) is 22.8. The molecule has 1 amide bonds. The van der Waals surface area contributed by atoms with Crippen molar-refractivity contribution in [3.8, 4) is 0 Å². The van der Waals surface area contributed by atoms with Gasteiger partial charge in [-0.2, -0.15) is 0 Å². The summed E-state index contributed by atoms with van der Waals surface area (Å²) in [6.45, 7) is 5.92. The number of nitrogens with one attached hydrogen (secondary N) is 1. The normalized spacial score (nSPS) is 25.1. The first-order chi connectivity index (χ1) is 8.75. The molecule has 110 valence electrons. The molecule has 0 spiro atoms. The molecular formula is C13H23NO5. The van der Waals surface area contributed by atoms with E-state index in [4.69, 9.17) is 14.9 Å². The van der Waals surface area contributed by atoms with Crippen LogP contribution in [0.4, 0.5) is 0 Å². The predicted molar refractivity (Wildman–Crippen MR) is 68.6 cm³/mol. The number of carbonyl (C=O) groups excluding carboxylic acids is 1. The summed E-state index contributed by atoms with van der Waals surface area (Å²) in [5.41, 5.74) is -0.177. The van der Waals surface area contributed by atoms with E-state index in [0.29, 0.717) is 19.3 Å². The molecule has 0 aliphatic carbocycles. The molecule has 3 unspecified atom stereocenters. The fourth-order valence-corrected chi connectivity index (χ4v) is 2.13. The zero-order valence-electron chi connectivity index (χ0n) is 11.7. The highest BCUT2D eigenvalue weighted by Crippen LogP contribution is 2.24. The highest BCUT2D eigenvalue weighted by Gasteiger charge is 2.36. The van der Waals surface area contributed by atoms with Gasteiger partial charge in [-0.25, -0.2) is 4.79 Å². The van der Waals surface area contributed by atoms with E-state index in [9.17, 15) is 9.59 Å². The minimum Gasteiger partial charge on any atom is -0.479 e. The number of hydrogen-bond donors (Lipinski definition) is 3. The molecule has 0 saturated carbocycles. The van der Waals surface area contributed by atoms with Crippen molar-refractivity contribution in [2.45, 2.75) is 58.3 Å². The molecule has 0 aromatic carbocycles. The van der Waals surface area contributed by atoms with Crippen molar-refractivity contribution in [3.05, 3.63) is 0 Å². The molecule has 6 heteroatoms. The summed E-state index contributed by atoms with van der Waals surface area (Å²) < 4.78 is 5.20. The Kier molecular flexibility index (Phi) is 5.31. The first kappa shape index (κ1) is 15.9. The molecule has 0 aromatic heterocycles. The van der Waals surface area contributed by atoms with Gasteiger partial charge >= 0.3 is 5.97 Å². The molecule has 1 fully saturated rings. The SMILES string of the molecule is CC(C)(C)C(CCO)NC(=O)C1CCC(C(=O)O)O1. The number of amides is 1. The number of aliphatic hydroxyl groups excluding tert-OH is 1. The Bertz CT molecular complexity index is 336. The van der Waals surface area contributed by atoms with Gasteiger partial charge in [0.25, 0.3) is 0 Å². The molecule has 1 aliphatic rings. The number of ether oxygens (including phenoxy) is 1. The van der Waals surface area contributed by atoms with Crippen LogP contribution in [-0.4, -0.2) is 46.9 Å². The summed E-state index contributed by atoms with van der Waals surface area (Å²) in [6.07, 6.45) is -0.359. The van der Waals surface area contributed by atoms with E-state index in [1.165, 1.54) is 0 Å². The standard InChI is InChI=1S/C13H23NO5/c1-13(2,3)10(6-7-15)14-11(16)8-4-5-9(19-8)12(17)18/h8-10,15H,4-7H2,1-3H3,(H,14,16)(H,17,18). The quantitative estimate of drug-likeness (QED) is 0.679. The second-order valence-electron chi connectivity index (χ2n) is 5.97. The van der Waals surface area contributed by atoms with Gasteiger partial charge in [0.2, 0.25) is 5.91 Å². The maximum absolute atomic E-state index is 12.0. The van der Waals surface area contributed by atoms with E-state index in [2.05, 4.69) is 5.32 Å². The lowest BCUT2D eigenvalue weighted by Crippen LogP contribution is -2.48. The monoisotopic (exact) mass is 273 g/mol. The van der Waals surface area contributed by atoms with E-state index < -0.39 is 18.2 Å². The zero-order valence-corrected chi connectivity index (χ0v) is 11.7. The summed E-state index contributed by atoms with van der Waals surface area (Å²) >= 11 is 0. The van der Waals surface area contributed by atoms with E-state index >= 15 is 0 Å². The van der Waals surface area contributed by atoms with Crippen LogP contribution in [0.3, 0.4) is 0 Å². The maximum atomic E-state index is 12.0. The van der Waals surface area contributed by atoms with Gasteiger partial charge in [-0.1, -0.05) is 20.8 Å². The molecule has 1 saturated heterocycles. The van der Waals surface area contributed by atoms with Crippen LogP contribution in [0.1, 0.15) is 40.0 Å². The van der Waals surface area contributed by atoms with Gasteiger partial charge in [0, 0.05) is 12.6 Å². The molecule has 1 rings (SSSR count). The fourth-order valence-electron chi connectivity index (χ4n) is 2.13. The van der Waals surface area contributed by atoms with Crippen LogP contribution in [0.5, 0.6) is 0 Å². The Labute approximate surface area is 113 Å². The highest BCUT2D eigenvalue weighted by atomic mass is 16.5. The topological polar surface area (TPSA) is 95.9 Å². The lowest BCUT2D eigenvalue weighted by Gasteiger charge is -2.31. The van der Waals surface area contributed by atoms with Gasteiger partial charge in [0.15, 0.2) is 6.10 Å². The number of hydrogen-bond acceptors (Lipinski definition) is 4.